The van der Waals surface area contributed by atoms with Gasteiger partial charge in [-0.3, -0.25) is 9.59 Å². The molecule has 0 heterocycles. The number of carbonyl (C=O) groups excluding carboxylic acids is 2. The molecule has 0 saturated carbocycles. The minimum absolute atomic E-state index is 0.153. The predicted octanol–water partition coefficient (Wildman–Crippen LogP) is 5.38. The molecule has 3 aromatic rings. The first-order valence-corrected chi connectivity index (χ1v) is 10.9. The van der Waals surface area contributed by atoms with Crippen molar-refractivity contribution in [1.29, 1.82) is 0 Å². The van der Waals surface area contributed by atoms with Gasteiger partial charge < -0.3 is 20.1 Å². The lowest BCUT2D eigenvalue weighted by atomic mass is 10.1. The molecule has 32 heavy (non-hydrogen) atoms. The Morgan fingerprint density at radius 1 is 0.844 bits per heavy atom. The summed E-state index contributed by atoms with van der Waals surface area (Å²) < 4.78 is 10.5. The van der Waals surface area contributed by atoms with Crippen LogP contribution in [-0.2, 0) is 4.79 Å². The van der Waals surface area contributed by atoms with Crippen molar-refractivity contribution in [3.63, 3.8) is 0 Å². The van der Waals surface area contributed by atoms with Gasteiger partial charge in [0.05, 0.1) is 19.5 Å². The van der Waals surface area contributed by atoms with Crippen molar-refractivity contribution >= 4 is 35.0 Å². The summed E-state index contributed by atoms with van der Waals surface area (Å²) in [7, 11) is 3.12. The maximum atomic E-state index is 12.7. The molecule has 0 aromatic heterocycles. The van der Waals surface area contributed by atoms with Crippen LogP contribution in [0.5, 0.6) is 11.5 Å². The smallest absolute Gasteiger partial charge is 0.255 e. The van der Waals surface area contributed by atoms with E-state index in [9.17, 15) is 9.59 Å². The highest BCUT2D eigenvalue weighted by Crippen LogP contribution is 2.29. The lowest BCUT2D eigenvalue weighted by molar-refractivity contribution is -0.115. The number of methoxy groups -OCH3 is 2. The molecule has 6 nitrogen and oxygen atoms in total. The van der Waals surface area contributed by atoms with E-state index in [2.05, 4.69) is 10.6 Å². The van der Waals surface area contributed by atoms with Crippen LogP contribution in [0.25, 0.3) is 0 Å². The summed E-state index contributed by atoms with van der Waals surface area (Å²) in [4.78, 5) is 26.1. The molecule has 1 unspecified atom stereocenters. The monoisotopic (exact) mass is 450 g/mol. The molecule has 7 heteroatoms. The molecule has 3 rings (SSSR count). The summed E-state index contributed by atoms with van der Waals surface area (Å²) in [5, 5.41) is 5.43. The van der Waals surface area contributed by atoms with Gasteiger partial charge in [-0.1, -0.05) is 23.8 Å². The van der Waals surface area contributed by atoms with Crippen molar-refractivity contribution in [1.82, 2.24) is 0 Å². The Morgan fingerprint density at radius 2 is 1.50 bits per heavy atom. The first-order valence-electron chi connectivity index (χ1n) is 10.1. The second-order valence-corrected chi connectivity index (χ2v) is 8.61. The fourth-order valence-electron chi connectivity index (χ4n) is 2.94. The summed E-state index contributed by atoms with van der Waals surface area (Å²) in [6.07, 6.45) is 0. The molecule has 3 aromatic carbocycles. The average molecular weight is 451 g/mol. The van der Waals surface area contributed by atoms with E-state index in [1.807, 2.05) is 50.2 Å². The second kappa shape index (κ2) is 10.7. The molecule has 0 aliphatic rings. The molecular weight excluding hydrogens is 424 g/mol. The van der Waals surface area contributed by atoms with Crippen LogP contribution in [0.1, 0.15) is 22.8 Å². The molecule has 0 spiro atoms. The minimum atomic E-state index is -0.366. The highest BCUT2D eigenvalue weighted by molar-refractivity contribution is 8.00. The fourth-order valence-corrected chi connectivity index (χ4v) is 3.86. The molecule has 166 valence electrons. The zero-order chi connectivity index (χ0) is 23.1. The van der Waals surface area contributed by atoms with Crippen LogP contribution in [0.4, 0.5) is 11.4 Å². The first-order chi connectivity index (χ1) is 15.4. The number of hydrogen-bond donors (Lipinski definition) is 2. The Balaban J connectivity index is 1.63. The van der Waals surface area contributed by atoms with Gasteiger partial charge in [-0.05, 0) is 44.2 Å². The predicted molar refractivity (Wildman–Crippen MR) is 129 cm³/mol. The van der Waals surface area contributed by atoms with Crippen LogP contribution in [0, 0.1) is 6.92 Å². The largest absolute Gasteiger partial charge is 0.497 e. The molecule has 0 saturated heterocycles. The van der Waals surface area contributed by atoms with Gasteiger partial charge in [0.1, 0.15) is 11.5 Å². The normalized spacial score (nSPS) is 11.4. The Bertz CT molecular complexity index is 1080. The van der Waals surface area contributed by atoms with Crippen LogP contribution in [0.2, 0.25) is 0 Å². The van der Waals surface area contributed by atoms with Crippen LogP contribution in [0.15, 0.2) is 71.6 Å². The van der Waals surface area contributed by atoms with E-state index >= 15 is 0 Å². The third-order valence-corrected chi connectivity index (χ3v) is 5.80. The van der Waals surface area contributed by atoms with E-state index in [0.29, 0.717) is 28.4 Å². The van der Waals surface area contributed by atoms with E-state index in [-0.39, 0.29) is 17.1 Å². The summed E-state index contributed by atoms with van der Waals surface area (Å²) in [6, 6.07) is 20.0. The molecule has 0 radical (unpaired) electrons. The van der Waals surface area contributed by atoms with Gasteiger partial charge in [0.15, 0.2) is 0 Å². The number of ether oxygens (including phenoxy) is 2. The summed E-state index contributed by atoms with van der Waals surface area (Å²) >= 11 is 1.40. The van der Waals surface area contributed by atoms with Crippen molar-refractivity contribution < 1.29 is 19.1 Å². The van der Waals surface area contributed by atoms with Gasteiger partial charge in [0, 0.05) is 40.0 Å². The van der Waals surface area contributed by atoms with Crippen molar-refractivity contribution in [3.05, 3.63) is 77.9 Å². The van der Waals surface area contributed by atoms with Crippen molar-refractivity contribution in [2.75, 3.05) is 24.9 Å². The summed E-state index contributed by atoms with van der Waals surface area (Å²) in [5.41, 5.74) is 2.96. The molecule has 0 bridgehead atoms. The SMILES string of the molecule is COc1cc(NC(=O)C(C)Sc2cccc(NC(=O)c3ccc(C)cc3)c2)cc(OC)c1. The van der Waals surface area contributed by atoms with Gasteiger partial charge in [-0.15, -0.1) is 11.8 Å². The Labute approximate surface area is 192 Å². The van der Waals surface area contributed by atoms with Crippen molar-refractivity contribution in [2.45, 2.75) is 24.0 Å². The topological polar surface area (TPSA) is 76.7 Å². The zero-order valence-corrected chi connectivity index (χ0v) is 19.3. The van der Waals surface area contributed by atoms with Gasteiger partial charge >= 0.3 is 0 Å². The van der Waals surface area contributed by atoms with Crippen LogP contribution >= 0.6 is 11.8 Å². The number of thioether (sulfide) groups is 1. The van der Waals surface area contributed by atoms with Gasteiger partial charge in [-0.25, -0.2) is 0 Å². The Kier molecular flexibility index (Phi) is 7.78. The summed E-state index contributed by atoms with van der Waals surface area (Å²) in [5.74, 6) is 0.860. The van der Waals surface area contributed by atoms with Crippen molar-refractivity contribution in [2.24, 2.45) is 0 Å². The van der Waals surface area contributed by atoms with E-state index < -0.39 is 0 Å². The average Bonchev–Trinajstić information content (AvgIpc) is 2.79. The molecule has 2 N–H and O–H groups in total. The van der Waals surface area contributed by atoms with Gasteiger partial charge in [0.25, 0.3) is 5.91 Å². The van der Waals surface area contributed by atoms with Crippen molar-refractivity contribution in [3.8, 4) is 11.5 Å². The number of aryl methyl sites for hydroxylation is 1. The number of amides is 2. The fraction of sp³-hybridized carbons (Fsp3) is 0.200. The Hall–Kier alpha value is -3.45. The molecule has 1 atom stereocenters. The van der Waals surface area contributed by atoms with E-state index in [1.54, 1.807) is 44.6 Å². The quantitative estimate of drug-likeness (QED) is 0.451. The van der Waals surface area contributed by atoms with Crippen LogP contribution < -0.4 is 20.1 Å². The van der Waals surface area contributed by atoms with Crippen LogP contribution in [-0.4, -0.2) is 31.3 Å². The first kappa shape index (κ1) is 23.2. The minimum Gasteiger partial charge on any atom is -0.497 e. The van der Waals surface area contributed by atoms with Crippen LogP contribution in [0.3, 0.4) is 0 Å². The maximum absolute atomic E-state index is 12.7. The highest BCUT2D eigenvalue weighted by atomic mass is 32.2. The van der Waals surface area contributed by atoms with E-state index in [0.717, 1.165) is 10.5 Å². The summed E-state index contributed by atoms with van der Waals surface area (Å²) in [6.45, 7) is 3.81. The molecule has 2 amide bonds. The van der Waals surface area contributed by atoms with E-state index in [1.165, 1.54) is 11.8 Å². The number of carbonyl (C=O) groups is 2. The second-order valence-electron chi connectivity index (χ2n) is 7.20. The third-order valence-electron chi connectivity index (χ3n) is 4.71. The third kappa shape index (κ3) is 6.28. The Morgan fingerprint density at radius 3 is 2.12 bits per heavy atom. The number of rotatable bonds is 8. The number of anilines is 2. The lowest BCUT2D eigenvalue weighted by Crippen LogP contribution is -2.22. The standard InChI is InChI=1S/C25H26N2O4S/c1-16-8-10-18(11-9-16)25(29)26-19-6-5-7-23(14-19)32-17(2)24(28)27-20-12-21(30-3)15-22(13-20)31-4/h5-15,17H,1-4H3,(H,26,29)(H,27,28). The highest BCUT2D eigenvalue weighted by Gasteiger charge is 2.16. The molecule has 0 aliphatic carbocycles. The lowest BCUT2D eigenvalue weighted by Gasteiger charge is -2.14. The number of nitrogens with one attached hydrogen (secondary N) is 2. The van der Waals surface area contributed by atoms with Gasteiger partial charge in [-0.2, -0.15) is 0 Å². The van der Waals surface area contributed by atoms with E-state index in [4.69, 9.17) is 9.47 Å². The molecule has 0 aliphatic heterocycles. The number of benzene rings is 3. The molecular formula is C25H26N2O4S. The number of hydrogen-bond acceptors (Lipinski definition) is 5. The molecule has 0 fully saturated rings. The zero-order valence-electron chi connectivity index (χ0n) is 18.5. The maximum Gasteiger partial charge on any atom is 0.255 e. The van der Waals surface area contributed by atoms with Gasteiger partial charge in [0.2, 0.25) is 5.91 Å².